The normalized spacial score (nSPS) is 37.0. The molecule has 1 aromatic heterocycles. The Hall–Kier alpha value is -2.54. The average molecular weight is 542 g/mol. The fraction of sp³-hybridized carbons (Fsp3) is 0.588. The molecule has 3 heterocycles. The van der Waals surface area contributed by atoms with Crippen molar-refractivity contribution in [2.24, 2.45) is 17.3 Å². The molecule has 2 aliphatic heterocycles. The molecular weight excluding hydrogens is 502 g/mol. The maximum Gasteiger partial charge on any atom is 0.165 e. The lowest BCUT2D eigenvalue weighted by atomic mass is 9.35. The first kappa shape index (κ1) is 24.1. The number of piperidine rings is 1. The number of ether oxygens (including phenoxy) is 4. The summed E-state index contributed by atoms with van der Waals surface area (Å²) < 4.78 is 32.3. The van der Waals surface area contributed by atoms with E-state index in [1.165, 1.54) is 36.9 Å². The van der Waals surface area contributed by atoms with Crippen molar-refractivity contribution in [3.05, 3.63) is 59.4 Å². The van der Waals surface area contributed by atoms with Gasteiger partial charge in [-0.25, -0.2) is 0 Å². The molecule has 40 heavy (non-hydrogen) atoms. The highest BCUT2D eigenvalue weighted by molar-refractivity contribution is 5.77. The summed E-state index contributed by atoms with van der Waals surface area (Å²) in [5.74, 6) is 3.91. The van der Waals surface area contributed by atoms with Gasteiger partial charge >= 0.3 is 0 Å². The lowest BCUT2D eigenvalue weighted by Crippen LogP contribution is -2.81. The van der Waals surface area contributed by atoms with Crippen LogP contribution in [0.3, 0.4) is 0 Å². The molecule has 2 spiro atoms. The Morgan fingerprint density at radius 3 is 2.77 bits per heavy atom. The number of hydrogen-bond acceptors (Lipinski definition) is 6. The van der Waals surface area contributed by atoms with Crippen LogP contribution in [0.4, 0.5) is 0 Å². The molecule has 0 radical (unpaired) electrons. The molecular formula is C34H39NO5. The van der Waals surface area contributed by atoms with Crippen molar-refractivity contribution in [3.8, 4) is 11.5 Å². The Morgan fingerprint density at radius 1 is 1.05 bits per heavy atom. The Bertz CT molecular complexity index is 1460. The van der Waals surface area contributed by atoms with Gasteiger partial charge in [0.1, 0.15) is 29.7 Å². The number of methoxy groups -OCH3 is 2. The molecule has 210 valence electrons. The molecule has 0 N–H and O–H groups in total. The van der Waals surface area contributed by atoms with E-state index in [0.717, 1.165) is 66.4 Å². The molecule has 0 amide bonds. The summed E-state index contributed by atoms with van der Waals surface area (Å²) in [7, 11) is 3.69. The summed E-state index contributed by atoms with van der Waals surface area (Å²) in [6, 6.07) is 15.3. The highest BCUT2D eigenvalue weighted by atomic mass is 16.6. The monoisotopic (exact) mass is 541 g/mol. The zero-order valence-electron chi connectivity index (χ0n) is 23.6. The average Bonchev–Trinajstić information content (AvgIpc) is 3.58. The minimum atomic E-state index is -0.377. The molecule has 6 nitrogen and oxygen atoms in total. The topological polar surface area (TPSA) is 53.3 Å². The van der Waals surface area contributed by atoms with E-state index in [1.807, 2.05) is 25.3 Å². The summed E-state index contributed by atoms with van der Waals surface area (Å²) in [5.41, 5.74) is 3.63. The van der Waals surface area contributed by atoms with E-state index in [-0.39, 0.29) is 28.5 Å². The molecule has 7 aliphatic rings. The maximum atomic E-state index is 7.14. The maximum absolute atomic E-state index is 7.14. The van der Waals surface area contributed by atoms with Gasteiger partial charge in [0.25, 0.3) is 0 Å². The van der Waals surface area contributed by atoms with Gasteiger partial charge in [-0.1, -0.05) is 24.3 Å². The predicted octanol–water partition coefficient (Wildman–Crippen LogP) is 5.88. The van der Waals surface area contributed by atoms with Crippen molar-refractivity contribution < 1.29 is 23.4 Å². The van der Waals surface area contributed by atoms with Gasteiger partial charge in [0.2, 0.25) is 0 Å². The predicted molar refractivity (Wildman–Crippen MR) is 151 cm³/mol. The molecule has 4 bridgehead atoms. The first-order valence-electron chi connectivity index (χ1n) is 15.3. The van der Waals surface area contributed by atoms with Crippen LogP contribution in [0.15, 0.2) is 46.9 Å². The number of para-hydroxylation sites is 1. The van der Waals surface area contributed by atoms with Crippen molar-refractivity contribution in [1.29, 1.82) is 0 Å². The lowest BCUT2D eigenvalue weighted by Gasteiger charge is -2.74. The van der Waals surface area contributed by atoms with Crippen LogP contribution in [0.5, 0.6) is 11.5 Å². The van der Waals surface area contributed by atoms with E-state index in [0.29, 0.717) is 19.3 Å². The van der Waals surface area contributed by atoms with Crippen molar-refractivity contribution >= 4 is 11.0 Å². The SMILES string of the molecule is COc1ccc2c3c1O[C@H]1[C@@]4(OC)CC[C@@]5(C[C@@H]4COCc4cc6ccccc6o4)[C@@H](C2)N(CC2CC2)CC[C@]315. The summed E-state index contributed by atoms with van der Waals surface area (Å²) >= 11 is 0. The number of fused-ring (bicyclic) bond motifs is 3. The fourth-order valence-electron chi connectivity index (χ4n) is 10.3. The zero-order chi connectivity index (χ0) is 26.7. The minimum Gasteiger partial charge on any atom is -0.493 e. The van der Waals surface area contributed by atoms with E-state index in [9.17, 15) is 0 Å². The smallest absolute Gasteiger partial charge is 0.165 e. The van der Waals surface area contributed by atoms with Crippen molar-refractivity contribution in [2.75, 3.05) is 33.9 Å². The third-order valence-electron chi connectivity index (χ3n) is 12.0. The van der Waals surface area contributed by atoms with E-state index < -0.39 is 0 Å². The standard InChI is InChI=1S/C34H39NO5/c1-36-27-10-9-23-16-28-32-11-12-34(37-2,24(17-32)19-38-20-25-15-22-5-3-4-6-26(22)39-25)31-33(32,29(23)30(27)40-31)13-14-35(28)18-21-7-8-21/h3-6,9-10,15,21,24,28,31H,7-8,11-14,16-20H2,1-2H3/t24-,28-,31-,32-,33+,34-/m1/s1. The second-order valence-corrected chi connectivity index (χ2v) is 13.5. The molecule has 5 fully saturated rings. The third kappa shape index (κ3) is 2.90. The highest BCUT2D eigenvalue weighted by Crippen LogP contribution is 2.76. The van der Waals surface area contributed by atoms with Crippen LogP contribution in [0.25, 0.3) is 11.0 Å². The number of furan rings is 1. The van der Waals surface area contributed by atoms with E-state index in [4.69, 9.17) is 23.4 Å². The van der Waals surface area contributed by atoms with E-state index in [2.05, 4.69) is 29.2 Å². The van der Waals surface area contributed by atoms with Crippen LogP contribution in [0.2, 0.25) is 0 Å². The van der Waals surface area contributed by atoms with Gasteiger partial charge in [-0.3, -0.25) is 4.90 Å². The molecule has 6 heteroatoms. The summed E-state index contributed by atoms with van der Waals surface area (Å²) in [4.78, 5) is 2.89. The number of benzene rings is 2. The van der Waals surface area contributed by atoms with Gasteiger partial charge in [0.15, 0.2) is 11.5 Å². The number of likely N-dealkylation sites (tertiary alicyclic amines) is 1. The molecule has 3 aromatic rings. The molecule has 4 saturated carbocycles. The molecule has 5 aliphatic carbocycles. The molecule has 6 atom stereocenters. The van der Waals surface area contributed by atoms with E-state index in [1.54, 1.807) is 7.11 Å². The van der Waals surface area contributed by atoms with Gasteiger partial charge < -0.3 is 23.4 Å². The summed E-state index contributed by atoms with van der Waals surface area (Å²) in [5, 5.41) is 1.12. The van der Waals surface area contributed by atoms with Crippen molar-refractivity contribution in [2.45, 2.75) is 74.7 Å². The molecule has 0 unspecified atom stereocenters. The fourth-order valence-corrected chi connectivity index (χ4v) is 10.3. The minimum absolute atomic E-state index is 0.0109. The number of hydrogen-bond donors (Lipinski definition) is 0. The van der Waals surface area contributed by atoms with Gasteiger partial charge in [-0.05, 0) is 81.2 Å². The Kier molecular flexibility index (Phi) is 4.98. The van der Waals surface area contributed by atoms with Gasteiger partial charge in [-0.2, -0.15) is 0 Å². The first-order chi connectivity index (χ1) is 19.6. The van der Waals surface area contributed by atoms with Crippen LogP contribution in [0.1, 0.15) is 55.4 Å². The zero-order valence-corrected chi connectivity index (χ0v) is 23.6. The Balaban J connectivity index is 1.10. The Morgan fingerprint density at radius 2 is 1.95 bits per heavy atom. The van der Waals surface area contributed by atoms with Crippen molar-refractivity contribution in [3.63, 3.8) is 0 Å². The largest absolute Gasteiger partial charge is 0.493 e. The Labute approximate surface area is 235 Å². The second kappa shape index (κ2) is 8.27. The van der Waals surface area contributed by atoms with Gasteiger partial charge in [0, 0.05) is 47.4 Å². The first-order valence-corrected chi connectivity index (χ1v) is 15.3. The second-order valence-electron chi connectivity index (χ2n) is 13.5. The van der Waals surface area contributed by atoms with Gasteiger partial charge in [0.05, 0.1) is 13.7 Å². The van der Waals surface area contributed by atoms with Crippen LogP contribution in [-0.2, 0) is 27.9 Å². The van der Waals surface area contributed by atoms with E-state index >= 15 is 0 Å². The van der Waals surface area contributed by atoms with Crippen LogP contribution >= 0.6 is 0 Å². The van der Waals surface area contributed by atoms with Gasteiger partial charge in [-0.15, -0.1) is 0 Å². The van der Waals surface area contributed by atoms with Crippen LogP contribution in [0, 0.1) is 17.3 Å². The van der Waals surface area contributed by atoms with Crippen LogP contribution in [-0.4, -0.2) is 56.6 Å². The highest BCUT2D eigenvalue weighted by Gasteiger charge is 2.80. The van der Waals surface area contributed by atoms with Crippen molar-refractivity contribution in [1.82, 2.24) is 4.90 Å². The summed E-state index contributed by atoms with van der Waals surface area (Å²) in [6.07, 6.45) is 8.39. The van der Waals surface area contributed by atoms with Crippen LogP contribution < -0.4 is 9.47 Å². The lowest BCUT2D eigenvalue weighted by molar-refractivity contribution is -0.283. The molecule has 10 rings (SSSR count). The third-order valence-corrected chi connectivity index (χ3v) is 12.0. The molecule has 1 saturated heterocycles. The number of nitrogens with zero attached hydrogens (tertiary/aromatic N) is 1. The summed E-state index contributed by atoms with van der Waals surface area (Å²) in [6.45, 7) is 3.54. The number of rotatable bonds is 8. The molecule has 2 aromatic carbocycles. The quantitative estimate of drug-likeness (QED) is 0.355.